The molecule has 0 atom stereocenters. The maximum Gasteiger partial charge on any atom is 0.0701 e. The molecule has 1 rings (SSSR count). The quantitative estimate of drug-likeness (QED) is 0.134. The summed E-state index contributed by atoms with van der Waals surface area (Å²) in [4.78, 5) is 0. The molecule has 2 heteroatoms. The van der Waals surface area contributed by atoms with Crippen molar-refractivity contribution in [3.05, 3.63) is 0 Å². The van der Waals surface area contributed by atoms with Gasteiger partial charge in [0.1, 0.15) is 0 Å². The number of ether oxygens (including phenoxy) is 1. The number of epoxide rings is 1. The first-order valence-corrected chi connectivity index (χ1v) is 13.6. The average Bonchev–Trinajstić information content (AvgIpc) is 3.61. The molecule has 176 valence electrons. The van der Waals surface area contributed by atoms with Gasteiger partial charge in [-0.1, -0.05) is 148 Å². The number of aliphatic hydroxyl groups excluding tert-OH is 1. The van der Waals surface area contributed by atoms with Gasteiger partial charge in [0.15, 0.2) is 0 Å². The van der Waals surface area contributed by atoms with E-state index in [0.29, 0.717) is 6.61 Å². The van der Waals surface area contributed by atoms with Crippen molar-refractivity contribution in [2.45, 2.75) is 155 Å². The highest BCUT2D eigenvalue weighted by molar-refractivity contribution is 4.51. The van der Waals surface area contributed by atoms with E-state index in [4.69, 9.17) is 5.11 Å². The molecule has 1 N–H and O–H groups in total. The molecule has 29 heavy (non-hydrogen) atoms. The third-order valence-electron chi connectivity index (χ3n) is 5.97. The van der Waals surface area contributed by atoms with Gasteiger partial charge in [-0.25, -0.2) is 0 Å². The fourth-order valence-corrected chi connectivity index (χ4v) is 3.90. The molecule has 1 fully saturated rings. The molecule has 1 heterocycles. The van der Waals surface area contributed by atoms with Crippen molar-refractivity contribution in [1.82, 2.24) is 0 Å². The lowest BCUT2D eigenvalue weighted by molar-refractivity contribution is 0.282. The zero-order chi connectivity index (χ0) is 21.1. The Balaban J connectivity index is 0.00000237. The van der Waals surface area contributed by atoms with Crippen LogP contribution in [-0.4, -0.2) is 24.9 Å². The van der Waals surface area contributed by atoms with Crippen LogP contribution in [0.1, 0.15) is 155 Å². The normalized spacial score (nSPS) is 12.6. The zero-order valence-electron chi connectivity index (χ0n) is 20.2. The van der Waals surface area contributed by atoms with E-state index < -0.39 is 0 Å². The summed E-state index contributed by atoms with van der Waals surface area (Å²) in [6, 6.07) is 0. The van der Waals surface area contributed by atoms with Gasteiger partial charge in [0, 0.05) is 6.61 Å². The first-order chi connectivity index (χ1) is 14.4. The second-order valence-electron chi connectivity index (χ2n) is 9.11. The van der Waals surface area contributed by atoms with Gasteiger partial charge >= 0.3 is 0 Å². The van der Waals surface area contributed by atoms with Gasteiger partial charge in [0.25, 0.3) is 0 Å². The Morgan fingerprint density at radius 2 is 0.621 bits per heavy atom. The van der Waals surface area contributed by atoms with Crippen LogP contribution in [0.4, 0.5) is 0 Å². The molecule has 0 unspecified atom stereocenters. The van der Waals surface area contributed by atoms with Crippen LogP contribution in [0.2, 0.25) is 0 Å². The van der Waals surface area contributed by atoms with Gasteiger partial charge in [-0.3, -0.25) is 0 Å². The lowest BCUT2D eigenvalue weighted by Crippen LogP contribution is -1.85. The Morgan fingerprint density at radius 1 is 0.414 bits per heavy atom. The van der Waals surface area contributed by atoms with E-state index in [0.717, 1.165) is 19.6 Å². The van der Waals surface area contributed by atoms with E-state index in [2.05, 4.69) is 11.7 Å². The molecule has 1 aliphatic rings. The number of unbranched alkanes of at least 4 members (excludes halogenated alkanes) is 22. The molecule has 2 nitrogen and oxygen atoms in total. The van der Waals surface area contributed by atoms with Crippen molar-refractivity contribution in [3.63, 3.8) is 0 Å². The molecular weight excluding hydrogens is 356 g/mol. The smallest absolute Gasteiger partial charge is 0.0701 e. The zero-order valence-corrected chi connectivity index (χ0v) is 20.2. The second-order valence-corrected chi connectivity index (χ2v) is 9.11. The van der Waals surface area contributed by atoms with E-state index in [1.54, 1.807) is 0 Å². The summed E-state index contributed by atoms with van der Waals surface area (Å²) in [6.07, 6.45) is 32.6. The molecule has 0 aromatic carbocycles. The lowest BCUT2D eigenvalue weighted by atomic mass is 10.0. The number of hydrogen-bond acceptors (Lipinski definition) is 2. The van der Waals surface area contributed by atoms with Gasteiger partial charge in [-0.15, -0.1) is 0 Å². The molecule has 0 saturated carbocycles. The van der Waals surface area contributed by atoms with Crippen molar-refractivity contribution >= 4 is 0 Å². The Hall–Kier alpha value is -0.0800. The predicted molar refractivity (Wildman–Crippen MR) is 130 cm³/mol. The van der Waals surface area contributed by atoms with Crippen LogP contribution >= 0.6 is 0 Å². The Labute approximate surface area is 184 Å². The van der Waals surface area contributed by atoms with Crippen molar-refractivity contribution in [1.29, 1.82) is 0 Å². The Kier molecular flexibility index (Phi) is 27.8. The van der Waals surface area contributed by atoms with Gasteiger partial charge in [-0.05, 0) is 6.42 Å². The molecule has 1 aliphatic heterocycles. The van der Waals surface area contributed by atoms with Crippen molar-refractivity contribution < 1.29 is 9.84 Å². The molecule has 0 aromatic rings. The van der Waals surface area contributed by atoms with Gasteiger partial charge in [0.05, 0.1) is 13.2 Å². The van der Waals surface area contributed by atoms with Gasteiger partial charge in [0.2, 0.25) is 0 Å². The van der Waals surface area contributed by atoms with E-state index in [9.17, 15) is 0 Å². The van der Waals surface area contributed by atoms with Crippen molar-refractivity contribution in [3.8, 4) is 0 Å². The van der Waals surface area contributed by atoms with Crippen LogP contribution in [0, 0.1) is 0 Å². The minimum atomic E-state index is 0.374. The standard InChI is InChI=1S/C25H52O.C2H4O/c1-2-3-4-5-6-7-8-9-10-11-12-13-14-15-16-17-18-19-20-21-22-23-24-25-26;1-2-3-1/h26H,2-25H2,1H3;1-2H2. The Morgan fingerprint density at radius 3 is 0.793 bits per heavy atom. The minimum absolute atomic E-state index is 0.374. The number of aliphatic hydroxyl groups is 1. The van der Waals surface area contributed by atoms with E-state index in [1.807, 2.05) is 0 Å². The molecule has 0 amide bonds. The van der Waals surface area contributed by atoms with Crippen LogP contribution in [0.25, 0.3) is 0 Å². The van der Waals surface area contributed by atoms with Crippen molar-refractivity contribution in [2.75, 3.05) is 19.8 Å². The van der Waals surface area contributed by atoms with Gasteiger partial charge in [-0.2, -0.15) is 0 Å². The van der Waals surface area contributed by atoms with Crippen LogP contribution in [0.5, 0.6) is 0 Å². The SMILES string of the molecule is C1CO1.CCCCCCCCCCCCCCCCCCCCCCCCCO. The summed E-state index contributed by atoms with van der Waals surface area (Å²) in [5.41, 5.74) is 0. The van der Waals surface area contributed by atoms with Crippen LogP contribution in [0.15, 0.2) is 0 Å². The van der Waals surface area contributed by atoms with Gasteiger partial charge < -0.3 is 9.84 Å². The lowest BCUT2D eigenvalue weighted by Gasteiger charge is -2.04. The monoisotopic (exact) mass is 412 g/mol. The molecular formula is C27H56O2. The highest BCUT2D eigenvalue weighted by Gasteiger charge is 1.96. The van der Waals surface area contributed by atoms with Crippen LogP contribution in [0.3, 0.4) is 0 Å². The fraction of sp³-hybridized carbons (Fsp3) is 1.00. The average molecular weight is 413 g/mol. The summed E-state index contributed by atoms with van der Waals surface area (Å²) in [5, 5.41) is 8.73. The predicted octanol–water partition coefficient (Wildman–Crippen LogP) is 8.99. The second kappa shape index (κ2) is 27.9. The highest BCUT2D eigenvalue weighted by Crippen LogP contribution is 2.15. The number of hydrogen-bond donors (Lipinski definition) is 1. The summed E-state index contributed by atoms with van der Waals surface area (Å²) >= 11 is 0. The number of rotatable bonds is 23. The van der Waals surface area contributed by atoms with E-state index >= 15 is 0 Å². The third-order valence-corrected chi connectivity index (χ3v) is 5.97. The molecule has 0 spiro atoms. The molecule has 0 bridgehead atoms. The fourth-order valence-electron chi connectivity index (χ4n) is 3.90. The van der Waals surface area contributed by atoms with Crippen LogP contribution in [-0.2, 0) is 4.74 Å². The van der Waals surface area contributed by atoms with E-state index in [-0.39, 0.29) is 0 Å². The summed E-state index contributed by atoms with van der Waals surface area (Å²) in [7, 11) is 0. The maximum absolute atomic E-state index is 8.73. The highest BCUT2D eigenvalue weighted by atomic mass is 16.6. The molecule has 0 aromatic heterocycles. The Bertz CT molecular complexity index is 239. The van der Waals surface area contributed by atoms with Crippen molar-refractivity contribution in [2.24, 2.45) is 0 Å². The minimum Gasteiger partial charge on any atom is -0.396 e. The molecule has 1 saturated heterocycles. The molecule has 0 aliphatic carbocycles. The first-order valence-electron chi connectivity index (χ1n) is 13.6. The summed E-state index contributed by atoms with van der Waals surface area (Å²) in [6.45, 7) is 4.67. The summed E-state index contributed by atoms with van der Waals surface area (Å²) in [5.74, 6) is 0. The topological polar surface area (TPSA) is 32.8 Å². The maximum atomic E-state index is 8.73. The first kappa shape index (κ1) is 28.9. The van der Waals surface area contributed by atoms with E-state index in [1.165, 1.54) is 141 Å². The largest absolute Gasteiger partial charge is 0.396 e. The molecule has 0 radical (unpaired) electrons. The van der Waals surface area contributed by atoms with Crippen LogP contribution < -0.4 is 0 Å². The summed E-state index contributed by atoms with van der Waals surface area (Å²) < 4.78 is 4.50. The third kappa shape index (κ3) is 32.8.